The molecule has 1 amide bonds. The number of amides is 1. The first-order chi connectivity index (χ1) is 14.5. The average Bonchev–Trinajstić information content (AvgIpc) is 3.21. The molecule has 1 aliphatic heterocycles. The molecule has 0 atom stereocenters. The summed E-state index contributed by atoms with van der Waals surface area (Å²) in [5, 5.41) is 7.27. The highest BCUT2D eigenvalue weighted by molar-refractivity contribution is 6.05. The largest absolute Gasteiger partial charge is 0.378 e. The van der Waals surface area contributed by atoms with E-state index in [4.69, 9.17) is 4.74 Å². The molecule has 7 nitrogen and oxygen atoms in total. The maximum atomic E-state index is 13.3. The van der Waals surface area contributed by atoms with Crippen molar-refractivity contribution in [1.82, 2.24) is 14.8 Å². The van der Waals surface area contributed by atoms with E-state index in [0.29, 0.717) is 30.2 Å². The predicted molar refractivity (Wildman–Crippen MR) is 113 cm³/mol. The number of aromatic nitrogens is 3. The Morgan fingerprint density at radius 3 is 2.47 bits per heavy atom. The van der Waals surface area contributed by atoms with Crippen molar-refractivity contribution in [2.24, 2.45) is 0 Å². The number of hydrogen-bond acceptors (Lipinski definition) is 5. The minimum atomic E-state index is -0.317. The van der Waals surface area contributed by atoms with Gasteiger partial charge >= 0.3 is 0 Å². The van der Waals surface area contributed by atoms with Crippen molar-refractivity contribution in [2.45, 2.75) is 19.8 Å². The lowest BCUT2D eigenvalue weighted by Gasteiger charge is -2.27. The van der Waals surface area contributed by atoms with Crippen LogP contribution < -0.4 is 10.2 Å². The van der Waals surface area contributed by atoms with E-state index in [9.17, 15) is 9.18 Å². The number of hydrogen-bond donors (Lipinski definition) is 1. The van der Waals surface area contributed by atoms with E-state index in [1.165, 1.54) is 12.1 Å². The summed E-state index contributed by atoms with van der Waals surface area (Å²) in [7, 11) is 0. The first kappa shape index (κ1) is 20.0. The Labute approximate surface area is 174 Å². The Hall–Kier alpha value is -3.26. The van der Waals surface area contributed by atoms with Gasteiger partial charge in [-0.25, -0.2) is 14.1 Å². The second-order valence-corrected chi connectivity index (χ2v) is 7.45. The van der Waals surface area contributed by atoms with Gasteiger partial charge in [0, 0.05) is 13.1 Å². The minimum absolute atomic E-state index is 0.0418. The maximum absolute atomic E-state index is 13.3. The molecule has 1 saturated heterocycles. The van der Waals surface area contributed by atoms with Crippen LogP contribution in [0.3, 0.4) is 0 Å². The Bertz CT molecular complexity index is 1010. The highest BCUT2D eigenvalue weighted by Crippen LogP contribution is 2.24. The number of nitrogens with zero attached hydrogens (tertiary/aromatic N) is 4. The van der Waals surface area contributed by atoms with Crippen LogP contribution in [0.1, 0.15) is 35.8 Å². The fraction of sp³-hybridized carbons (Fsp3) is 0.318. The lowest BCUT2D eigenvalue weighted by atomic mass is 10.0. The van der Waals surface area contributed by atoms with Gasteiger partial charge in [-0.1, -0.05) is 13.8 Å². The van der Waals surface area contributed by atoms with Gasteiger partial charge in [0.05, 0.1) is 48.2 Å². The van der Waals surface area contributed by atoms with Crippen LogP contribution in [-0.4, -0.2) is 47.0 Å². The maximum Gasteiger partial charge on any atom is 0.259 e. The van der Waals surface area contributed by atoms with Crippen LogP contribution in [-0.2, 0) is 4.74 Å². The van der Waals surface area contributed by atoms with Crippen LogP contribution >= 0.6 is 0 Å². The molecule has 1 aromatic carbocycles. The van der Waals surface area contributed by atoms with Gasteiger partial charge in [-0.3, -0.25) is 4.79 Å². The molecule has 0 bridgehead atoms. The van der Waals surface area contributed by atoms with Crippen LogP contribution in [0.4, 0.5) is 15.9 Å². The first-order valence-corrected chi connectivity index (χ1v) is 9.97. The van der Waals surface area contributed by atoms with E-state index in [2.05, 4.69) is 20.3 Å². The molecule has 0 aliphatic carbocycles. The van der Waals surface area contributed by atoms with Crippen molar-refractivity contribution in [3.05, 3.63) is 65.9 Å². The van der Waals surface area contributed by atoms with Crippen molar-refractivity contribution >= 4 is 17.4 Å². The van der Waals surface area contributed by atoms with Crippen molar-refractivity contribution < 1.29 is 13.9 Å². The van der Waals surface area contributed by atoms with E-state index in [1.54, 1.807) is 29.2 Å². The summed E-state index contributed by atoms with van der Waals surface area (Å²) in [6.07, 6.45) is 3.20. The third kappa shape index (κ3) is 4.18. The van der Waals surface area contributed by atoms with Gasteiger partial charge in [0.2, 0.25) is 0 Å². The number of anilines is 2. The Kier molecular flexibility index (Phi) is 5.76. The molecule has 8 heteroatoms. The number of nitrogens with one attached hydrogen (secondary N) is 1. The van der Waals surface area contributed by atoms with Crippen LogP contribution in [0.5, 0.6) is 0 Å². The SMILES string of the molecule is CC(C)c1c(C(=O)Nc2ccc(N3CCOCC3)nc2)cnn1-c1ccc(F)cc1. The number of ether oxygens (including phenoxy) is 1. The Morgan fingerprint density at radius 1 is 1.10 bits per heavy atom. The highest BCUT2D eigenvalue weighted by atomic mass is 19.1. The summed E-state index contributed by atoms with van der Waals surface area (Å²) in [5.41, 5.74) is 2.56. The van der Waals surface area contributed by atoms with E-state index in [0.717, 1.165) is 24.6 Å². The first-order valence-electron chi connectivity index (χ1n) is 9.97. The number of morpholine rings is 1. The van der Waals surface area contributed by atoms with Gasteiger partial charge in [0.1, 0.15) is 11.6 Å². The number of pyridine rings is 1. The molecule has 1 aliphatic rings. The van der Waals surface area contributed by atoms with Gasteiger partial charge in [0.25, 0.3) is 5.91 Å². The summed E-state index contributed by atoms with van der Waals surface area (Å²) in [5.74, 6) is 0.333. The molecule has 1 N–H and O–H groups in total. The molecule has 0 unspecified atom stereocenters. The van der Waals surface area contributed by atoms with E-state index in [1.807, 2.05) is 26.0 Å². The average molecular weight is 409 g/mol. The number of benzene rings is 1. The van der Waals surface area contributed by atoms with Crippen LogP contribution in [0.2, 0.25) is 0 Å². The molecule has 30 heavy (non-hydrogen) atoms. The molecule has 0 saturated carbocycles. The third-order valence-electron chi connectivity index (χ3n) is 5.01. The van der Waals surface area contributed by atoms with Crippen molar-refractivity contribution in [2.75, 3.05) is 36.5 Å². The van der Waals surface area contributed by atoms with Crippen molar-refractivity contribution in [3.63, 3.8) is 0 Å². The van der Waals surface area contributed by atoms with Gasteiger partial charge in [-0.15, -0.1) is 0 Å². The molecule has 4 rings (SSSR count). The zero-order valence-corrected chi connectivity index (χ0v) is 17.0. The monoisotopic (exact) mass is 409 g/mol. The van der Waals surface area contributed by atoms with Gasteiger partial charge in [-0.2, -0.15) is 5.10 Å². The molecule has 3 heterocycles. The van der Waals surface area contributed by atoms with Crippen molar-refractivity contribution in [3.8, 4) is 5.69 Å². The summed E-state index contributed by atoms with van der Waals surface area (Å²) in [4.78, 5) is 19.6. The summed E-state index contributed by atoms with van der Waals surface area (Å²) in [6.45, 7) is 6.98. The quantitative estimate of drug-likeness (QED) is 0.697. The molecule has 2 aromatic heterocycles. The number of carbonyl (C=O) groups excluding carboxylic acids is 1. The molecule has 156 valence electrons. The summed E-state index contributed by atoms with van der Waals surface area (Å²) in [6, 6.07) is 9.78. The predicted octanol–water partition coefficient (Wildman–Crippen LogP) is 3.62. The number of rotatable bonds is 5. The van der Waals surface area contributed by atoms with Crippen LogP contribution in [0.15, 0.2) is 48.8 Å². The summed E-state index contributed by atoms with van der Waals surface area (Å²) < 4.78 is 20.3. The lowest BCUT2D eigenvalue weighted by molar-refractivity contribution is 0.102. The van der Waals surface area contributed by atoms with Crippen LogP contribution in [0.25, 0.3) is 5.69 Å². The van der Waals surface area contributed by atoms with E-state index in [-0.39, 0.29) is 17.6 Å². The number of carbonyl (C=O) groups is 1. The zero-order chi connectivity index (χ0) is 21.1. The topological polar surface area (TPSA) is 72.3 Å². The lowest BCUT2D eigenvalue weighted by Crippen LogP contribution is -2.36. The minimum Gasteiger partial charge on any atom is -0.378 e. The second kappa shape index (κ2) is 8.62. The zero-order valence-electron chi connectivity index (χ0n) is 17.0. The highest BCUT2D eigenvalue weighted by Gasteiger charge is 2.21. The Balaban J connectivity index is 1.54. The van der Waals surface area contributed by atoms with Gasteiger partial charge < -0.3 is 15.0 Å². The second-order valence-electron chi connectivity index (χ2n) is 7.45. The smallest absolute Gasteiger partial charge is 0.259 e. The Morgan fingerprint density at radius 2 is 1.83 bits per heavy atom. The molecule has 1 fully saturated rings. The van der Waals surface area contributed by atoms with Gasteiger partial charge in [-0.05, 0) is 42.3 Å². The van der Waals surface area contributed by atoms with E-state index < -0.39 is 0 Å². The fourth-order valence-electron chi connectivity index (χ4n) is 3.51. The summed E-state index contributed by atoms with van der Waals surface area (Å²) >= 11 is 0. The molecule has 3 aromatic rings. The number of halogens is 1. The molecular formula is C22H24FN5O2. The molecule has 0 radical (unpaired) electrons. The van der Waals surface area contributed by atoms with Crippen LogP contribution in [0, 0.1) is 5.82 Å². The van der Waals surface area contributed by atoms with E-state index >= 15 is 0 Å². The fourth-order valence-corrected chi connectivity index (χ4v) is 3.51. The van der Waals surface area contributed by atoms with Gasteiger partial charge in [0.15, 0.2) is 0 Å². The normalized spacial score (nSPS) is 14.2. The third-order valence-corrected chi connectivity index (χ3v) is 5.01. The standard InChI is InChI=1S/C22H24FN5O2/c1-15(2)21-19(14-25-28(21)18-6-3-16(23)4-7-18)22(29)26-17-5-8-20(24-13-17)27-9-11-30-12-10-27/h3-8,13-15H,9-12H2,1-2H3,(H,26,29). The molecule has 0 spiro atoms. The molecular weight excluding hydrogens is 385 g/mol. The van der Waals surface area contributed by atoms with Crippen molar-refractivity contribution in [1.29, 1.82) is 0 Å².